The number of rotatable bonds is 5. The molecule has 0 radical (unpaired) electrons. The number of hydrogen-bond acceptors (Lipinski definition) is 5. The Bertz CT molecular complexity index is 569. The quantitative estimate of drug-likeness (QED) is 0.884. The number of carbonyl (C=O) groups is 1. The van der Waals surface area contributed by atoms with Crippen LogP contribution in [-0.4, -0.2) is 28.2 Å². The summed E-state index contributed by atoms with van der Waals surface area (Å²) in [6, 6.07) is 8.49. The van der Waals surface area contributed by atoms with Crippen LogP contribution in [-0.2, 0) is 11.2 Å². The smallest absolute Gasteiger partial charge is 0.325 e. The second-order valence-electron chi connectivity index (χ2n) is 3.70. The summed E-state index contributed by atoms with van der Waals surface area (Å²) in [5, 5.41) is 8.66. The number of aliphatic carboxylic acids is 1. The third-order valence-corrected chi connectivity index (χ3v) is 2.30. The molecule has 0 saturated carbocycles. The van der Waals surface area contributed by atoms with Crippen molar-refractivity contribution in [3.63, 3.8) is 0 Å². The van der Waals surface area contributed by atoms with Crippen LogP contribution in [0.1, 0.15) is 5.56 Å². The molecule has 1 N–H and O–H groups in total. The molecule has 19 heavy (non-hydrogen) atoms. The van der Waals surface area contributed by atoms with E-state index in [-0.39, 0.29) is 12.4 Å². The van der Waals surface area contributed by atoms with E-state index in [2.05, 4.69) is 9.97 Å². The molecule has 98 valence electrons. The van der Waals surface area contributed by atoms with E-state index in [9.17, 15) is 4.79 Å². The molecule has 6 heteroatoms. The molecule has 1 aromatic heterocycles. The van der Waals surface area contributed by atoms with Gasteiger partial charge < -0.3 is 14.6 Å². The molecule has 6 nitrogen and oxygen atoms in total. The Morgan fingerprint density at radius 1 is 1.26 bits per heavy atom. The molecular formula is C13H12N2O4. The Morgan fingerprint density at radius 3 is 2.63 bits per heavy atom. The molecule has 0 unspecified atom stereocenters. The fourth-order valence-corrected chi connectivity index (χ4v) is 1.44. The number of carboxylic acids is 1. The van der Waals surface area contributed by atoms with Crippen LogP contribution in [0.4, 0.5) is 0 Å². The maximum absolute atomic E-state index is 10.6. The average molecular weight is 260 g/mol. The van der Waals surface area contributed by atoms with E-state index in [4.69, 9.17) is 14.6 Å². The molecule has 0 aliphatic carbocycles. The summed E-state index contributed by atoms with van der Waals surface area (Å²) >= 11 is 0. The lowest BCUT2D eigenvalue weighted by Gasteiger charge is -2.05. The summed E-state index contributed by atoms with van der Waals surface area (Å²) in [5.74, 6) is 0.0692. The highest BCUT2D eigenvalue weighted by Gasteiger charge is 2.04. The van der Waals surface area contributed by atoms with Gasteiger partial charge in [0.25, 0.3) is 0 Å². The van der Waals surface area contributed by atoms with Crippen LogP contribution in [0.2, 0.25) is 0 Å². The molecule has 1 aromatic carbocycles. The summed E-state index contributed by atoms with van der Waals surface area (Å²) in [6.07, 6.45) is 1.51. The summed E-state index contributed by atoms with van der Waals surface area (Å²) in [5.41, 5.74) is 0.700. The van der Waals surface area contributed by atoms with E-state index in [1.807, 2.05) is 0 Å². The van der Waals surface area contributed by atoms with E-state index in [1.54, 1.807) is 30.3 Å². The van der Waals surface area contributed by atoms with Crippen molar-refractivity contribution in [2.75, 3.05) is 7.11 Å². The Kier molecular flexibility index (Phi) is 3.92. The van der Waals surface area contributed by atoms with Crippen molar-refractivity contribution in [1.29, 1.82) is 0 Å². The third-order valence-electron chi connectivity index (χ3n) is 2.30. The Hall–Kier alpha value is -2.63. The number of nitrogens with zero attached hydrogens (tertiary/aromatic N) is 2. The molecule has 0 bridgehead atoms. The molecule has 0 amide bonds. The Balaban J connectivity index is 2.08. The molecule has 0 aliphatic heterocycles. The van der Waals surface area contributed by atoms with Crippen molar-refractivity contribution >= 4 is 5.97 Å². The van der Waals surface area contributed by atoms with Crippen molar-refractivity contribution in [3.8, 4) is 17.6 Å². The highest BCUT2D eigenvalue weighted by atomic mass is 16.5. The largest absolute Gasteiger partial charge is 0.481 e. The van der Waals surface area contributed by atoms with Gasteiger partial charge in [0.1, 0.15) is 5.75 Å². The van der Waals surface area contributed by atoms with Crippen molar-refractivity contribution in [1.82, 2.24) is 9.97 Å². The molecule has 0 saturated heterocycles. The number of methoxy groups -OCH3 is 1. The van der Waals surface area contributed by atoms with Crippen molar-refractivity contribution in [2.45, 2.75) is 6.42 Å². The number of ether oxygens (including phenoxy) is 2. The van der Waals surface area contributed by atoms with Crippen LogP contribution in [0.3, 0.4) is 0 Å². The number of hydrogen-bond donors (Lipinski definition) is 1. The first-order chi connectivity index (χ1) is 9.17. The monoisotopic (exact) mass is 260 g/mol. The molecule has 0 spiro atoms. The highest BCUT2D eigenvalue weighted by Crippen LogP contribution is 2.19. The van der Waals surface area contributed by atoms with Gasteiger partial charge in [-0.25, -0.2) is 4.98 Å². The van der Waals surface area contributed by atoms with Gasteiger partial charge in [-0.3, -0.25) is 4.79 Å². The van der Waals surface area contributed by atoms with Gasteiger partial charge in [-0.2, -0.15) is 4.98 Å². The molecule has 1 heterocycles. The van der Waals surface area contributed by atoms with Crippen LogP contribution in [0.25, 0.3) is 0 Å². The summed E-state index contributed by atoms with van der Waals surface area (Å²) in [6.45, 7) is 0. The summed E-state index contributed by atoms with van der Waals surface area (Å²) in [4.78, 5) is 18.5. The minimum atomic E-state index is -0.871. The van der Waals surface area contributed by atoms with E-state index < -0.39 is 5.97 Å². The van der Waals surface area contributed by atoms with Gasteiger partial charge in [-0.15, -0.1) is 0 Å². The number of benzene rings is 1. The van der Waals surface area contributed by atoms with Crippen LogP contribution in [0.15, 0.2) is 36.5 Å². The lowest BCUT2D eigenvalue weighted by Crippen LogP contribution is -1.99. The van der Waals surface area contributed by atoms with E-state index in [1.165, 1.54) is 13.3 Å². The maximum Gasteiger partial charge on any atom is 0.325 e. The van der Waals surface area contributed by atoms with Gasteiger partial charge in [-0.1, -0.05) is 12.1 Å². The zero-order valence-electron chi connectivity index (χ0n) is 10.2. The van der Waals surface area contributed by atoms with Crippen LogP contribution < -0.4 is 9.47 Å². The van der Waals surface area contributed by atoms with Gasteiger partial charge in [0.2, 0.25) is 5.88 Å². The molecule has 0 aliphatic rings. The first-order valence-electron chi connectivity index (χ1n) is 5.53. The Labute approximate surface area is 109 Å². The van der Waals surface area contributed by atoms with Gasteiger partial charge in [0, 0.05) is 12.3 Å². The average Bonchev–Trinajstić information content (AvgIpc) is 2.41. The highest BCUT2D eigenvalue weighted by molar-refractivity contribution is 5.70. The minimum Gasteiger partial charge on any atom is -0.481 e. The van der Waals surface area contributed by atoms with Crippen molar-refractivity contribution in [2.24, 2.45) is 0 Å². The normalized spacial score (nSPS) is 9.95. The van der Waals surface area contributed by atoms with Crippen LogP contribution >= 0.6 is 0 Å². The van der Waals surface area contributed by atoms with Gasteiger partial charge in [-0.05, 0) is 17.7 Å². The summed E-state index contributed by atoms with van der Waals surface area (Å²) < 4.78 is 10.4. The van der Waals surface area contributed by atoms with Crippen molar-refractivity contribution < 1.29 is 19.4 Å². The fraction of sp³-hybridized carbons (Fsp3) is 0.154. The Morgan fingerprint density at radius 2 is 2.00 bits per heavy atom. The lowest BCUT2D eigenvalue weighted by atomic mass is 10.1. The molecule has 0 fully saturated rings. The summed E-state index contributed by atoms with van der Waals surface area (Å²) in [7, 11) is 1.51. The van der Waals surface area contributed by atoms with E-state index >= 15 is 0 Å². The maximum atomic E-state index is 10.6. The van der Waals surface area contributed by atoms with Crippen LogP contribution in [0, 0.1) is 0 Å². The lowest BCUT2D eigenvalue weighted by molar-refractivity contribution is -0.136. The zero-order chi connectivity index (χ0) is 13.7. The van der Waals surface area contributed by atoms with Crippen molar-refractivity contribution in [3.05, 3.63) is 42.1 Å². The van der Waals surface area contributed by atoms with Crippen LogP contribution in [0.5, 0.6) is 17.6 Å². The predicted octanol–water partition coefficient (Wildman–Crippen LogP) is 1.90. The van der Waals surface area contributed by atoms with E-state index in [0.29, 0.717) is 17.2 Å². The molecule has 2 aromatic rings. The standard InChI is InChI=1S/C13H12N2O4/c1-18-11-6-7-14-13(15-11)19-10-4-2-9(3-5-10)8-12(16)17/h2-7H,8H2,1H3,(H,16,17). The third kappa shape index (κ3) is 3.67. The van der Waals surface area contributed by atoms with Gasteiger partial charge in [0.05, 0.1) is 13.5 Å². The first-order valence-corrected chi connectivity index (χ1v) is 5.53. The zero-order valence-corrected chi connectivity index (χ0v) is 10.2. The number of aromatic nitrogens is 2. The molecular weight excluding hydrogens is 248 g/mol. The van der Waals surface area contributed by atoms with Gasteiger partial charge in [0.15, 0.2) is 0 Å². The minimum absolute atomic E-state index is 0.0179. The van der Waals surface area contributed by atoms with Gasteiger partial charge >= 0.3 is 12.0 Å². The fourth-order valence-electron chi connectivity index (χ4n) is 1.44. The molecule has 0 atom stereocenters. The van der Waals surface area contributed by atoms with E-state index in [0.717, 1.165) is 0 Å². The number of carboxylic acid groups (broad SMARTS) is 1. The second kappa shape index (κ2) is 5.81. The topological polar surface area (TPSA) is 81.5 Å². The molecule has 2 rings (SSSR count). The second-order valence-corrected chi connectivity index (χ2v) is 3.70. The first kappa shape index (κ1) is 12.8. The SMILES string of the molecule is COc1ccnc(Oc2ccc(CC(=O)O)cc2)n1. The predicted molar refractivity (Wildman–Crippen MR) is 66.4 cm³/mol.